The van der Waals surface area contributed by atoms with E-state index in [1.54, 1.807) is 41.4 Å². The van der Waals surface area contributed by atoms with Gasteiger partial charge in [-0.25, -0.2) is 14.5 Å². The molecule has 0 radical (unpaired) electrons. The van der Waals surface area contributed by atoms with Gasteiger partial charge in [-0.3, -0.25) is 0 Å². The highest BCUT2D eigenvalue weighted by Crippen LogP contribution is 2.35. The van der Waals surface area contributed by atoms with E-state index in [4.69, 9.17) is 24.7 Å². The highest BCUT2D eigenvalue weighted by Gasteiger charge is 2.30. The summed E-state index contributed by atoms with van der Waals surface area (Å²) < 4.78 is 19.2. The van der Waals surface area contributed by atoms with Gasteiger partial charge in [0.05, 0.1) is 17.8 Å². The van der Waals surface area contributed by atoms with Crippen molar-refractivity contribution in [2.75, 3.05) is 5.73 Å². The van der Waals surface area contributed by atoms with E-state index in [0.29, 0.717) is 40.9 Å². The molecule has 0 saturated carbocycles. The predicted molar refractivity (Wildman–Crippen MR) is 114 cm³/mol. The number of fused-ring (bicyclic) bond motifs is 4. The third-order valence-corrected chi connectivity index (χ3v) is 5.35. The normalized spacial score (nSPS) is 15.0. The van der Waals surface area contributed by atoms with Crippen LogP contribution in [0.15, 0.2) is 47.2 Å². The molecular weight excluding hydrogens is 430 g/mol. The number of carbonyl (C=O) groups is 1. The molecule has 6 rings (SSSR count). The van der Waals surface area contributed by atoms with Crippen LogP contribution < -0.4 is 15.2 Å². The molecule has 5 aromatic rings. The number of anilines is 1. The van der Waals surface area contributed by atoms with Crippen molar-refractivity contribution >= 4 is 28.6 Å². The Hall–Kier alpha value is -4.61. The molecule has 12 heteroatoms. The number of aryl methyl sites for hydroxylation is 2. The Morgan fingerprint density at radius 2 is 2.03 bits per heavy atom. The maximum absolute atomic E-state index is 11.0. The number of aromatic nitrogens is 6. The van der Waals surface area contributed by atoms with Crippen LogP contribution in [0.25, 0.3) is 28.3 Å². The second kappa shape index (κ2) is 7.22. The van der Waals surface area contributed by atoms with E-state index in [2.05, 4.69) is 20.2 Å². The van der Waals surface area contributed by atoms with Gasteiger partial charge in [-0.15, -0.1) is 5.10 Å². The van der Waals surface area contributed by atoms with Crippen molar-refractivity contribution in [2.24, 2.45) is 0 Å². The lowest BCUT2D eigenvalue weighted by atomic mass is 10.1. The van der Waals surface area contributed by atoms with Gasteiger partial charge in [0.2, 0.25) is 11.8 Å². The fourth-order valence-electron chi connectivity index (χ4n) is 3.82. The molecule has 0 fully saturated rings. The highest BCUT2D eigenvalue weighted by atomic mass is 16.7. The number of furan rings is 1. The summed E-state index contributed by atoms with van der Waals surface area (Å²) in [6.07, 6.45) is 3.44. The Morgan fingerprint density at radius 1 is 1.15 bits per heavy atom. The minimum Gasteiger partial charge on any atom is -0.476 e. The lowest BCUT2D eigenvalue weighted by Gasteiger charge is -2.05. The average molecular weight is 447 g/mol. The van der Waals surface area contributed by atoms with E-state index < -0.39 is 12.3 Å². The topological polar surface area (TPSA) is 156 Å². The van der Waals surface area contributed by atoms with Crippen LogP contribution in [0, 0.1) is 0 Å². The zero-order chi connectivity index (χ0) is 22.5. The van der Waals surface area contributed by atoms with Gasteiger partial charge in [0.25, 0.3) is 0 Å². The molecule has 1 atom stereocenters. The Bertz CT molecular complexity index is 1500. The lowest BCUT2D eigenvalue weighted by molar-refractivity contribution is -0.154. The first-order valence-corrected chi connectivity index (χ1v) is 10.2. The number of nitrogen functional groups attached to an aromatic ring is 1. The van der Waals surface area contributed by atoms with Crippen LogP contribution in [-0.4, -0.2) is 46.7 Å². The molecule has 0 spiro atoms. The fraction of sp³-hybridized carbons (Fsp3) is 0.190. The second-order valence-electron chi connectivity index (χ2n) is 7.51. The van der Waals surface area contributed by atoms with Crippen LogP contribution in [0.4, 0.5) is 5.95 Å². The highest BCUT2D eigenvalue weighted by molar-refractivity contribution is 5.90. The van der Waals surface area contributed by atoms with Crippen molar-refractivity contribution in [1.82, 2.24) is 29.4 Å². The maximum Gasteiger partial charge on any atom is 0.387 e. The predicted octanol–water partition coefficient (Wildman–Crippen LogP) is 2.13. The fourth-order valence-corrected chi connectivity index (χ4v) is 3.82. The average Bonchev–Trinajstić information content (AvgIpc) is 3.58. The summed E-state index contributed by atoms with van der Waals surface area (Å²) >= 11 is 0. The summed E-state index contributed by atoms with van der Waals surface area (Å²) in [6.45, 7) is 0.595. The molecule has 0 aliphatic carbocycles. The van der Waals surface area contributed by atoms with E-state index in [9.17, 15) is 4.79 Å². The number of carboxylic acid groups (broad SMARTS) is 1. The molecule has 5 heterocycles. The van der Waals surface area contributed by atoms with Crippen LogP contribution in [0.1, 0.15) is 12.0 Å². The number of carboxylic acids is 1. The van der Waals surface area contributed by atoms with Crippen LogP contribution in [0.3, 0.4) is 0 Å². The lowest BCUT2D eigenvalue weighted by Crippen LogP contribution is -2.28. The summed E-state index contributed by atoms with van der Waals surface area (Å²) in [5.41, 5.74) is 8.30. The van der Waals surface area contributed by atoms with Crippen molar-refractivity contribution in [3.8, 4) is 23.1 Å². The molecule has 3 N–H and O–H groups in total. The second-order valence-corrected chi connectivity index (χ2v) is 7.51. The van der Waals surface area contributed by atoms with E-state index in [1.807, 2.05) is 6.07 Å². The van der Waals surface area contributed by atoms with Gasteiger partial charge in [-0.05, 0) is 42.7 Å². The van der Waals surface area contributed by atoms with Gasteiger partial charge in [0.1, 0.15) is 0 Å². The summed E-state index contributed by atoms with van der Waals surface area (Å²) in [5.74, 6) is 0.853. The van der Waals surface area contributed by atoms with Gasteiger partial charge in [0, 0.05) is 6.54 Å². The molecule has 1 aliphatic heterocycles. The number of nitrogens with zero attached hydrogens (tertiary/aromatic N) is 6. The summed E-state index contributed by atoms with van der Waals surface area (Å²) in [6, 6.07) is 8.95. The van der Waals surface area contributed by atoms with Crippen molar-refractivity contribution in [1.29, 1.82) is 0 Å². The third kappa shape index (κ3) is 3.19. The van der Waals surface area contributed by atoms with E-state index >= 15 is 0 Å². The van der Waals surface area contributed by atoms with Crippen molar-refractivity contribution in [2.45, 2.75) is 25.7 Å². The SMILES string of the molecule is Nc1nc2c(cnn2CCCc2ccc3c(c2)O[C@H](C(=O)O)O3)c2nc(-c3ccco3)nn12. The number of benzene rings is 1. The van der Waals surface area contributed by atoms with Crippen molar-refractivity contribution < 1.29 is 23.8 Å². The van der Waals surface area contributed by atoms with Crippen LogP contribution in [0.2, 0.25) is 0 Å². The van der Waals surface area contributed by atoms with E-state index in [0.717, 1.165) is 23.8 Å². The molecule has 1 aliphatic rings. The Labute approximate surface area is 185 Å². The standard InChI is InChI=1S/C21H17N7O5/c22-21-25-17-12(18-24-16(26-28(18)21)14-4-2-8-31-14)10-23-27(17)7-1-3-11-5-6-13-15(9-11)33-20(32-13)19(29)30/h2,4-6,8-10,20H,1,3,7H2,(H2,22,25)(H,29,30)/t20-/m1/s1. The first-order valence-electron chi connectivity index (χ1n) is 10.2. The monoisotopic (exact) mass is 447 g/mol. The minimum atomic E-state index is -1.30. The zero-order valence-corrected chi connectivity index (χ0v) is 17.1. The van der Waals surface area contributed by atoms with Crippen LogP contribution in [0.5, 0.6) is 11.5 Å². The minimum absolute atomic E-state index is 0.202. The molecule has 0 amide bonds. The molecule has 12 nitrogen and oxygen atoms in total. The number of hydrogen-bond donors (Lipinski definition) is 2. The maximum atomic E-state index is 11.0. The van der Waals surface area contributed by atoms with E-state index in [-0.39, 0.29) is 5.95 Å². The Balaban J connectivity index is 1.22. The number of rotatable bonds is 6. The molecule has 4 aromatic heterocycles. The zero-order valence-electron chi connectivity index (χ0n) is 17.1. The first kappa shape index (κ1) is 19.1. The molecule has 33 heavy (non-hydrogen) atoms. The molecule has 0 bridgehead atoms. The summed E-state index contributed by atoms with van der Waals surface area (Å²) in [5, 5.41) is 18.6. The molecule has 166 valence electrons. The van der Waals surface area contributed by atoms with Crippen molar-refractivity contribution in [3.63, 3.8) is 0 Å². The van der Waals surface area contributed by atoms with Gasteiger partial charge in [-0.1, -0.05) is 6.07 Å². The van der Waals surface area contributed by atoms with Gasteiger partial charge >= 0.3 is 12.3 Å². The molecule has 1 aromatic carbocycles. The molecule has 0 unspecified atom stereocenters. The van der Waals surface area contributed by atoms with Crippen LogP contribution >= 0.6 is 0 Å². The number of ether oxygens (including phenoxy) is 2. The summed E-state index contributed by atoms with van der Waals surface area (Å²) in [7, 11) is 0. The Kier molecular flexibility index (Phi) is 4.18. The third-order valence-electron chi connectivity index (χ3n) is 5.35. The number of aliphatic carboxylic acids is 1. The number of nitrogens with two attached hydrogens (primary N) is 1. The smallest absolute Gasteiger partial charge is 0.387 e. The van der Waals surface area contributed by atoms with Gasteiger partial charge in [-0.2, -0.15) is 14.6 Å². The molecular formula is C21H17N7O5. The summed E-state index contributed by atoms with van der Waals surface area (Å²) in [4.78, 5) is 20.1. The van der Waals surface area contributed by atoms with Gasteiger partial charge in [0.15, 0.2) is 28.6 Å². The largest absolute Gasteiger partial charge is 0.476 e. The van der Waals surface area contributed by atoms with Crippen LogP contribution in [-0.2, 0) is 17.8 Å². The Morgan fingerprint density at radius 3 is 2.85 bits per heavy atom. The van der Waals surface area contributed by atoms with Gasteiger partial charge < -0.3 is 24.7 Å². The quantitative estimate of drug-likeness (QED) is 0.395. The first-order chi connectivity index (χ1) is 16.1. The number of hydrogen-bond acceptors (Lipinski definition) is 9. The van der Waals surface area contributed by atoms with Crippen molar-refractivity contribution in [3.05, 3.63) is 48.4 Å². The van der Waals surface area contributed by atoms with E-state index in [1.165, 1.54) is 4.52 Å². The molecule has 0 saturated heterocycles.